The van der Waals surface area contributed by atoms with Gasteiger partial charge < -0.3 is 5.73 Å². The zero-order valence-corrected chi connectivity index (χ0v) is 5.68. The fraction of sp³-hybridized carbons (Fsp3) is 1.00. The number of halogens is 1. The van der Waals surface area contributed by atoms with Crippen LogP contribution >= 0.6 is 0 Å². The molecule has 0 amide bonds. The molecule has 0 aromatic rings. The molecule has 0 aromatic carbocycles. The molecule has 1 aliphatic heterocycles. The summed E-state index contributed by atoms with van der Waals surface area (Å²) in [5, 5.41) is 0. The number of nitrogens with zero attached hydrogens (tertiary/aromatic N) is 1. The minimum Gasteiger partial charge on any atom is -0.316 e. The molecule has 2 atom stereocenters. The van der Waals surface area contributed by atoms with E-state index in [0.29, 0.717) is 13.0 Å². The van der Waals surface area contributed by atoms with Gasteiger partial charge in [0.15, 0.2) is 0 Å². The van der Waals surface area contributed by atoms with Crippen LogP contribution in [-0.4, -0.2) is 30.8 Å². The van der Waals surface area contributed by atoms with Crippen LogP contribution in [0.5, 0.6) is 0 Å². The molecule has 9 heavy (non-hydrogen) atoms. The minimum atomic E-state index is -0.658. The molecule has 1 saturated heterocycles. The van der Waals surface area contributed by atoms with Crippen LogP contribution < -0.4 is 5.73 Å². The smallest absolute Gasteiger partial charge is 0.113 e. The quantitative estimate of drug-likeness (QED) is 0.515. The van der Waals surface area contributed by atoms with Crippen molar-refractivity contribution >= 4 is 0 Å². The van der Waals surface area contributed by atoms with E-state index in [1.165, 1.54) is 0 Å². The van der Waals surface area contributed by atoms with E-state index in [2.05, 4.69) is 0 Å². The third kappa shape index (κ3) is 1.63. The molecule has 0 spiro atoms. The van der Waals surface area contributed by atoms with Crippen LogP contribution in [0.1, 0.15) is 12.8 Å². The molecule has 0 aliphatic carbocycles. The zero-order chi connectivity index (χ0) is 6.85. The molecule has 2 unspecified atom stereocenters. The number of alkyl halides is 1. The van der Waals surface area contributed by atoms with Crippen molar-refractivity contribution in [3.05, 3.63) is 0 Å². The lowest BCUT2D eigenvalue weighted by molar-refractivity contribution is 0.112. The van der Waals surface area contributed by atoms with Crippen LogP contribution in [0.15, 0.2) is 0 Å². The molecule has 1 fully saturated rings. The van der Waals surface area contributed by atoms with E-state index in [4.69, 9.17) is 5.73 Å². The van der Waals surface area contributed by atoms with E-state index < -0.39 is 6.17 Å². The standard InChI is InChI=1S/C6H13FN2/c1-9-4-5(7)2-3-6(9)8/h5-6H,2-4,8H2,1H3. The van der Waals surface area contributed by atoms with Gasteiger partial charge in [-0.1, -0.05) is 0 Å². The summed E-state index contributed by atoms with van der Waals surface area (Å²) >= 11 is 0. The third-order valence-electron chi connectivity index (χ3n) is 1.83. The molecule has 2 nitrogen and oxygen atoms in total. The van der Waals surface area contributed by atoms with Crippen LogP contribution in [0.3, 0.4) is 0 Å². The zero-order valence-electron chi connectivity index (χ0n) is 5.68. The number of rotatable bonds is 0. The molecule has 1 heterocycles. The van der Waals surface area contributed by atoms with Gasteiger partial charge in [-0.3, -0.25) is 4.90 Å². The van der Waals surface area contributed by atoms with E-state index in [9.17, 15) is 4.39 Å². The van der Waals surface area contributed by atoms with Crippen LogP contribution in [0.4, 0.5) is 4.39 Å². The molecular formula is C6H13FN2. The molecule has 1 aliphatic rings. The highest BCUT2D eigenvalue weighted by atomic mass is 19.1. The first-order valence-corrected chi connectivity index (χ1v) is 3.30. The lowest BCUT2D eigenvalue weighted by Gasteiger charge is -2.31. The topological polar surface area (TPSA) is 29.3 Å². The van der Waals surface area contributed by atoms with Crippen molar-refractivity contribution in [3.63, 3.8) is 0 Å². The van der Waals surface area contributed by atoms with Gasteiger partial charge in [0.25, 0.3) is 0 Å². The maximum absolute atomic E-state index is 12.5. The summed E-state index contributed by atoms with van der Waals surface area (Å²) in [6.07, 6.45) is 0.843. The van der Waals surface area contributed by atoms with Gasteiger partial charge in [-0.2, -0.15) is 0 Å². The first-order chi connectivity index (χ1) is 4.20. The van der Waals surface area contributed by atoms with Gasteiger partial charge in [0, 0.05) is 6.54 Å². The highest BCUT2D eigenvalue weighted by Gasteiger charge is 2.21. The van der Waals surface area contributed by atoms with Crippen LogP contribution in [0.25, 0.3) is 0 Å². The van der Waals surface area contributed by atoms with Crippen LogP contribution in [-0.2, 0) is 0 Å². The highest BCUT2D eigenvalue weighted by molar-refractivity contribution is 4.74. The highest BCUT2D eigenvalue weighted by Crippen LogP contribution is 2.13. The number of nitrogens with two attached hydrogens (primary N) is 1. The minimum absolute atomic E-state index is 0.0806. The number of hydrogen-bond donors (Lipinski definition) is 1. The summed E-state index contributed by atoms with van der Waals surface area (Å²) in [6, 6.07) is 0. The van der Waals surface area contributed by atoms with Crippen molar-refractivity contribution in [1.82, 2.24) is 4.90 Å². The second-order valence-electron chi connectivity index (χ2n) is 2.68. The first kappa shape index (κ1) is 6.96. The van der Waals surface area contributed by atoms with E-state index >= 15 is 0 Å². The fourth-order valence-electron chi connectivity index (χ4n) is 1.11. The molecule has 54 valence electrons. The number of piperidine rings is 1. The van der Waals surface area contributed by atoms with Gasteiger partial charge in [-0.05, 0) is 19.9 Å². The average molecular weight is 132 g/mol. The molecular weight excluding hydrogens is 119 g/mol. The Labute approximate surface area is 54.8 Å². The summed E-state index contributed by atoms with van der Waals surface area (Å²) in [4.78, 5) is 1.86. The van der Waals surface area contributed by atoms with Crippen molar-refractivity contribution in [2.45, 2.75) is 25.2 Å². The average Bonchev–Trinajstić information content (AvgIpc) is 1.80. The molecule has 0 saturated carbocycles. The summed E-state index contributed by atoms with van der Waals surface area (Å²) in [7, 11) is 1.86. The summed E-state index contributed by atoms with van der Waals surface area (Å²) in [5.41, 5.74) is 5.60. The van der Waals surface area contributed by atoms with Gasteiger partial charge in [0.2, 0.25) is 0 Å². The molecule has 0 radical (unpaired) electrons. The van der Waals surface area contributed by atoms with Crippen molar-refractivity contribution in [2.24, 2.45) is 5.73 Å². The Morgan fingerprint density at radius 2 is 2.22 bits per heavy atom. The van der Waals surface area contributed by atoms with E-state index in [0.717, 1.165) is 6.42 Å². The lowest BCUT2D eigenvalue weighted by atomic mass is 10.1. The Bertz CT molecular complexity index is 97.1. The predicted octanol–water partition coefficient (Wildman–Crippen LogP) is 0.335. The third-order valence-corrected chi connectivity index (χ3v) is 1.83. The van der Waals surface area contributed by atoms with Crippen LogP contribution in [0.2, 0.25) is 0 Å². The van der Waals surface area contributed by atoms with Crippen LogP contribution in [0, 0.1) is 0 Å². The second kappa shape index (κ2) is 2.62. The normalized spacial score (nSPS) is 39.0. The molecule has 0 aromatic heterocycles. The van der Waals surface area contributed by atoms with Gasteiger partial charge in [0.1, 0.15) is 6.17 Å². The second-order valence-corrected chi connectivity index (χ2v) is 2.68. The summed E-state index contributed by atoms with van der Waals surface area (Å²) < 4.78 is 12.5. The van der Waals surface area contributed by atoms with Crippen molar-refractivity contribution in [3.8, 4) is 0 Å². The lowest BCUT2D eigenvalue weighted by Crippen LogP contribution is -2.46. The van der Waals surface area contributed by atoms with Crippen molar-refractivity contribution < 1.29 is 4.39 Å². The van der Waals surface area contributed by atoms with E-state index in [-0.39, 0.29) is 6.17 Å². The van der Waals surface area contributed by atoms with Crippen molar-refractivity contribution in [1.29, 1.82) is 0 Å². The Kier molecular flexibility index (Phi) is 2.03. The van der Waals surface area contributed by atoms with Gasteiger partial charge in [-0.25, -0.2) is 4.39 Å². The molecule has 1 rings (SSSR count). The number of likely N-dealkylation sites (tertiary alicyclic amines) is 1. The Hall–Kier alpha value is -0.150. The summed E-state index contributed by atoms with van der Waals surface area (Å²) in [6.45, 7) is 0.501. The molecule has 2 N–H and O–H groups in total. The maximum atomic E-state index is 12.5. The number of hydrogen-bond acceptors (Lipinski definition) is 2. The van der Waals surface area contributed by atoms with Gasteiger partial charge in [0.05, 0.1) is 6.17 Å². The molecule has 0 bridgehead atoms. The predicted molar refractivity (Wildman–Crippen MR) is 34.7 cm³/mol. The Balaban J connectivity index is 2.35. The monoisotopic (exact) mass is 132 g/mol. The van der Waals surface area contributed by atoms with Gasteiger partial charge in [-0.15, -0.1) is 0 Å². The maximum Gasteiger partial charge on any atom is 0.113 e. The Morgan fingerprint density at radius 1 is 1.56 bits per heavy atom. The van der Waals surface area contributed by atoms with Crippen molar-refractivity contribution in [2.75, 3.05) is 13.6 Å². The first-order valence-electron chi connectivity index (χ1n) is 3.30. The van der Waals surface area contributed by atoms with E-state index in [1.54, 1.807) is 0 Å². The van der Waals surface area contributed by atoms with Gasteiger partial charge >= 0.3 is 0 Å². The van der Waals surface area contributed by atoms with E-state index in [1.807, 2.05) is 11.9 Å². The summed E-state index contributed by atoms with van der Waals surface area (Å²) in [5.74, 6) is 0. The largest absolute Gasteiger partial charge is 0.316 e. The molecule has 3 heteroatoms. The fourth-order valence-corrected chi connectivity index (χ4v) is 1.11. The Morgan fingerprint density at radius 3 is 2.67 bits per heavy atom. The SMILES string of the molecule is CN1CC(F)CCC1N.